The van der Waals surface area contributed by atoms with Crippen LogP contribution in [0.5, 0.6) is 0 Å². The molecule has 1 unspecified atom stereocenters. The van der Waals surface area contributed by atoms with Crippen LogP contribution >= 0.6 is 0 Å². The number of benzene rings is 1. The van der Waals surface area contributed by atoms with Crippen LogP contribution in [-0.4, -0.2) is 25.0 Å². The van der Waals surface area contributed by atoms with Crippen LogP contribution in [0.15, 0.2) is 18.2 Å². The lowest BCUT2D eigenvalue weighted by atomic mass is 10.1. The molecule has 0 heterocycles. The van der Waals surface area contributed by atoms with Crippen molar-refractivity contribution in [2.75, 3.05) is 12.4 Å². The normalized spacial score (nSPS) is 11.8. The van der Waals surface area contributed by atoms with E-state index >= 15 is 0 Å². The van der Waals surface area contributed by atoms with Crippen molar-refractivity contribution >= 4 is 17.6 Å². The molecule has 6 heteroatoms. The van der Waals surface area contributed by atoms with E-state index in [4.69, 9.17) is 5.73 Å². The zero-order valence-electron chi connectivity index (χ0n) is 11.6. The summed E-state index contributed by atoms with van der Waals surface area (Å²) in [6.45, 7) is 1.99. The van der Waals surface area contributed by atoms with Crippen molar-refractivity contribution in [3.05, 3.63) is 29.6 Å². The minimum atomic E-state index is -0.698. The zero-order valence-corrected chi connectivity index (χ0v) is 11.6. The van der Waals surface area contributed by atoms with Crippen molar-refractivity contribution in [2.24, 2.45) is 5.73 Å². The van der Waals surface area contributed by atoms with E-state index in [0.717, 1.165) is 18.9 Å². The van der Waals surface area contributed by atoms with Crippen molar-refractivity contribution in [1.29, 1.82) is 0 Å². The van der Waals surface area contributed by atoms with Crippen LogP contribution < -0.4 is 11.1 Å². The summed E-state index contributed by atoms with van der Waals surface area (Å²) in [5.41, 5.74) is 5.78. The maximum absolute atomic E-state index is 13.6. The standard InChI is InChI=1S/C14H19FN2O3/c1-3-4-5-11(16)13(18)17-12-8-9(14(19)20-2)6-7-10(12)15/h6-8,11H,3-5,16H2,1-2H3,(H,17,18). The van der Waals surface area contributed by atoms with Crippen LogP contribution in [0.3, 0.4) is 0 Å². The number of ether oxygens (including phenoxy) is 1. The molecular weight excluding hydrogens is 263 g/mol. The molecule has 1 rings (SSSR count). The highest BCUT2D eigenvalue weighted by Gasteiger charge is 2.16. The smallest absolute Gasteiger partial charge is 0.337 e. The predicted octanol–water partition coefficient (Wildman–Crippen LogP) is 2.07. The SMILES string of the molecule is CCCCC(N)C(=O)Nc1cc(C(=O)OC)ccc1F. The predicted molar refractivity (Wildman–Crippen MR) is 73.9 cm³/mol. The molecule has 110 valence electrons. The molecular formula is C14H19FN2O3. The minimum absolute atomic E-state index is 0.0788. The fraction of sp³-hybridized carbons (Fsp3) is 0.429. The van der Waals surface area contributed by atoms with E-state index in [1.165, 1.54) is 19.2 Å². The second kappa shape index (κ2) is 7.59. The van der Waals surface area contributed by atoms with Gasteiger partial charge in [-0.25, -0.2) is 9.18 Å². The number of unbranched alkanes of at least 4 members (excludes halogenated alkanes) is 1. The van der Waals surface area contributed by atoms with Gasteiger partial charge in [0.15, 0.2) is 0 Å². The van der Waals surface area contributed by atoms with Gasteiger partial charge in [0.2, 0.25) is 5.91 Å². The van der Waals surface area contributed by atoms with Crippen molar-refractivity contribution in [3.63, 3.8) is 0 Å². The first-order valence-electron chi connectivity index (χ1n) is 6.44. The van der Waals surface area contributed by atoms with Crippen LogP contribution in [0.4, 0.5) is 10.1 Å². The topological polar surface area (TPSA) is 81.4 Å². The number of nitrogens with one attached hydrogen (secondary N) is 1. The summed E-state index contributed by atoms with van der Waals surface area (Å²) in [5, 5.41) is 2.39. The molecule has 0 aliphatic carbocycles. The van der Waals surface area contributed by atoms with Crippen LogP contribution in [0.2, 0.25) is 0 Å². The fourth-order valence-electron chi connectivity index (χ4n) is 1.65. The summed E-state index contributed by atoms with van der Waals surface area (Å²) >= 11 is 0. The monoisotopic (exact) mass is 282 g/mol. The van der Waals surface area contributed by atoms with Gasteiger partial charge in [-0.2, -0.15) is 0 Å². The van der Waals surface area contributed by atoms with Crippen LogP contribution in [0.1, 0.15) is 36.5 Å². The van der Waals surface area contributed by atoms with Crippen molar-refractivity contribution in [3.8, 4) is 0 Å². The summed E-state index contributed by atoms with van der Waals surface area (Å²) in [5.74, 6) is -1.70. The van der Waals surface area contributed by atoms with Crippen molar-refractivity contribution in [2.45, 2.75) is 32.2 Å². The Morgan fingerprint density at radius 3 is 2.75 bits per heavy atom. The van der Waals surface area contributed by atoms with Crippen molar-refractivity contribution < 1.29 is 18.7 Å². The molecule has 0 bridgehead atoms. The Labute approximate surface area is 117 Å². The Morgan fingerprint density at radius 1 is 1.45 bits per heavy atom. The molecule has 1 aromatic carbocycles. The number of hydrogen-bond donors (Lipinski definition) is 2. The van der Waals surface area contributed by atoms with Gasteiger partial charge in [-0.1, -0.05) is 19.8 Å². The van der Waals surface area contributed by atoms with Gasteiger partial charge < -0.3 is 15.8 Å². The summed E-state index contributed by atoms with van der Waals surface area (Å²) in [7, 11) is 1.23. The molecule has 0 saturated carbocycles. The van der Waals surface area contributed by atoms with Crippen molar-refractivity contribution in [1.82, 2.24) is 0 Å². The lowest BCUT2D eigenvalue weighted by Gasteiger charge is -2.13. The van der Waals surface area contributed by atoms with Gasteiger partial charge in [-0.05, 0) is 24.6 Å². The van der Waals surface area contributed by atoms with E-state index in [2.05, 4.69) is 10.1 Å². The summed E-state index contributed by atoms with van der Waals surface area (Å²) in [6, 6.07) is 2.91. The molecule has 1 amide bonds. The van der Waals surface area contributed by atoms with Crippen LogP contribution in [0.25, 0.3) is 0 Å². The zero-order chi connectivity index (χ0) is 15.1. The highest BCUT2D eigenvalue weighted by Crippen LogP contribution is 2.17. The number of methoxy groups -OCH3 is 1. The maximum Gasteiger partial charge on any atom is 0.337 e. The second-order valence-corrected chi connectivity index (χ2v) is 4.42. The molecule has 5 nitrogen and oxygen atoms in total. The Morgan fingerprint density at radius 2 is 2.15 bits per heavy atom. The fourth-order valence-corrected chi connectivity index (χ4v) is 1.65. The average Bonchev–Trinajstić information content (AvgIpc) is 2.45. The van der Waals surface area contributed by atoms with E-state index in [9.17, 15) is 14.0 Å². The van der Waals surface area contributed by atoms with E-state index in [0.29, 0.717) is 6.42 Å². The van der Waals surface area contributed by atoms with Gasteiger partial charge in [-0.15, -0.1) is 0 Å². The summed E-state index contributed by atoms with van der Waals surface area (Å²) in [6.07, 6.45) is 2.27. The van der Waals surface area contributed by atoms with Gasteiger partial charge in [0.05, 0.1) is 24.4 Å². The Hall–Kier alpha value is -1.95. The second-order valence-electron chi connectivity index (χ2n) is 4.42. The number of halogens is 1. The molecule has 0 fully saturated rings. The third kappa shape index (κ3) is 4.31. The van der Waals surface area contributed by atoms with E-state index < -0.39 is 23.7 Å². The Balaban J connectivity index is 2.80. The van der Waals surface area contributed by atoms with Gasteiger partial charge in [-0.3, -0.25) is 4.79 Å². The minimum Gasteiger partial charge on any atom is -0.465 e. The highest BCUT2D eigenvalue weighted by molar-refractivity contribution is 5.96. The van der Waals surface area contributed by atoms with Gasteiger partial charge in [0, 0.05) is 0 Å². The third-order valence-corrected chi connectivity index (χ3v) is 2.85. The lowest BCUT2D eigenvalue weighted by Crippen LogP contribution is -2.35. The average molecular weight is 282 g/mol. The molecule has 0 aliphatic heterocycles. The Kier molecular flexibility index (Phi) is 6.11. The quantitative estimate of drug-likeness (QED) is 0.783. The molecule has 0 aromatic heterocycles. The highest BCUT2D eigenvalue weighted by atomic mass is 19.1. The summed E-state index contributed by atoms with van der Waals surface area (Å²) in [4.78, 5) is 23.2. The summed E-state index contributed by atoms with van der Waals surface area (Å²) < 4.78 is 18.1. The molecule has 3 N–H and O–H groups in total. The molecule has 1 aromatic rings. The largest absolute Gasteiger partial charge is 0.465 e. The Bertz CT molecular complexity index is 491. The molecule has 20 heavy (non-hydrogen) atoms. The molecule has 0 spiro atoms. The van der Waals surface area contributed by atoms with Crippen LogP contribution in [0, 0.1) is 5.82 Å². The molecule has 0 saturated heterocycles. The molecule has 0 radical (unpaired) electrons. The van der Waals surface area contributed by atoms with E-state index in [1.54, 1.807) is 0 Å². The van der Waals surface area contributed by atoms with Gasteiger partial charge >= 0.3 is 5.97 Å². The van der Waals surface area contributed by atoms with Crippen LogP contribution in [-0.2, 0) is 9.53 Å². The van der Waals surface area contributed by atoms with Gasteiger partial charge in [0.1, 0.15) is 5.82 Å². The van der Waals surface area contributed by atoms with E-state index in [1.807, 2.05) is 6.92 Å². The number of nitrogens with two attached hydrogens (primary N) is 1. The maximum atomic E-state index is 13.6. The molecule has 1 atom stereocenters. The number of carbonyl (C=O) groups is 2. The first kappa shape index (κ1) is 16.1. The first-order valence-corrected chi connectivity index (χ1v) is 6.44. The number of rotatable bonds is 6. The number of amides is 1. The lowest BCUT2D eigenvalue weighted by molar-refractivity contribution is -0.117. The van der Waals surface area contributed by atoms with Gasteiger partial charge in [0.25, 0.3) is 0 Å². The van der Waals surface area contributed by atoms with E-state index in [-0.39, 0.29) is 11.3 Å². The first-order chi connectivity index (χ1) is 9.49. The third-order valence-electron chi connectivity index (χ3n) is 2.85. The number of esters is 1. The number of carbonyl (C=O) groups excluding carboxylic acids is 2. The number of hydrogen-bond acceptors (Lipinski definition) is 4. The number of anilines is 1. The molecule has 0 aliphatic rings.